The number of carbonyl (C=O) groups is 1. The van der Waals surface area contributed by atoms with Gasteiger partial charge in [0.05, 0.1) is 23.3 Å². The fraction of sp³-hybridized carbons (Fsp3) is 0.333. The number of fused-ring (bicyclic) bond motifs is 2. The number of H-pyrrole nitrogens is 2. The highest BCUT2D eigenvalue weighted by Gasteiger charge is 2.21. The van der Waals surface area contributed by atoms with Crippen molar-refractivity contribution < 1.29 is 14.3 Å². The monoisotopic (exact) mass is 487 g/mol. The van der Waals surface area contributed by atoms with E-state index in [2.05, 4.69) is 47.1 Å². The van der Waals surface area contributed by atoms with E-state index in [0.717, 1.165) is 48.7 Å². The second-order valence-electron chi connectivity index (χ2n) is 7.74. The summed E-state index contributed by atoms with van der Waals surface area (Å²) >= 11 is 3.45. The lowest BCUT2D eigenvalue weighted by atomic mass is 10.1. The lowest BCUT2D eigenvalue weighted by Crippen LogP contribution is -2.48. The fourth-order valence-electron chi connectivity index (χ4n) is 3.95. The number of nitrogens with one attached hydrogen (secondary N) is 3. The number of hydrogen-bond donors (Lipinski definition) is 3. The zero-order chi connectivity index (χ0) is 21.4. The fourth-order valence-corrected chi connectivity index (χ4v) is 4.39. The largest absolute Gasteiger partial charge is 0.454 e. The summed E-state index contributed by atoms with van der Waals surface area (Å²) in [6.45, 7) is 4.88. The Balaban J connectivity index is 1.13. The van der Waals surface area contributed by atoms with Gasteiger partial charge < -0.3 is 24.8 Å². The van der Waals surface area contributed by atoms with Crippen LogP contribution in [0, 0.1) is 0 Å². The first kappa shape index (κ1) is 20.1. The third kappa shape index (κ3) is 4.46. The first-order valence-corrected chi connectivity index (χ1v) is 10.9. The zero-order valence-corrected chi connectivity index (χ0v) is 18.3. The summed E-state index contributed by atoms with van der Waals surface area (Å²) in [5.74, 6) is 1.52. The van der Waals surface area contributed by atoms with E-state index in [9.17, 15) is 9.59 Å². The Morgan fingerprint density at radius 2 is 1.71 bits per heavy atom. The van der Waals surface area contributed by atoms with Crippen molar-refractivity contribution >= 4 is 38.6 Å². The Bertz CT molecular complexity index is 1180. The van der Waals surface area contributed by atoms with Crippen LogP contribution in [0.1, 0.15) is 5.56 Å². The molecule has 0 unspecified atom stereocenters. The minimum Gasteiger partial charge on any atom is -0.454 e. The maximum Gasteiger partial charge on any atom is 0.323 e. The third-order valence-electron chi connectivity index (χ3n) is 5.55. The van der Waals surface area contributed by atoms with E-state index in [1.165, 1.54) is 5.56 Å². The molecule has 10 heteroatoms. The van der Waals surface area contributed by atoms with Crippen LogP contribution in [0.15, 0.2) is 39.6 Å². The van der Waals surface area contributed by atoms with Crippen molar-refractivity contribution in [2.24, 2.45) is 0 Å². The van der Waals surface area contributed by atoms with Gasteiger partial charge in [-0.05, 0) is 45.8 Å². The van der Waals surface area contributed by atoms with Crippen molar-refractivity contribution in [3.8, 4) is 11.5 Å². The molecule has 0 spiro atoms. The van der Waals surface area contributed by atoms with Crippen LogP contribution in [0.5, 0.6) is 11.5 Å². The van der Waals surface area contributed by atoms with Gasteiger partial charge >= 0.3 is 5.69 Å². The molecule has 2 aromatic carbocycles. The van der Waals surface area contributed by atoms with Crippen LogP contribution >= 0.6 is 15.9 Å². The molecule has 0 bridgehead atoms. The predicted octanol–water partition coefficient (Wildman–Crippen LogP) is 2.10. The standard InChI is InChI=1S/C21H22BrN5O4/c22-14-8-16-17(25-21(29)24-16)9-15(14)23-20(28)11-27-5-3-26(4-6-27)10-13-1-2-18-19(7-13)31-12-30-18/h1-2,7-9H,3-6,10-12H2,(H,23,28)(H2,24,25,29). The highest BCUT2D eigenvalue weighted by Crippen LogP contribution is 2.33. The Kier molecular flexibility index (Phi) is 5.43. The van der Waals surface area contributed by atoms with E-state index in [4.69, 9.17) is 9.47 Å². The van der Waals surface area contributed by atoms with Gasteiger partial charge in [-0.1, -0.05) is 6.07 Å². The molecule has 1 amide bonds. The van der Waals surface area contributed by atoms with Gasteiger partial charge in [0.25, 0.3) is 0 Å². The summed E-state index contributed by atoms with van der Waals surface area (Å²) in [7, 11) is 0. The molecule has 0 aliphatic carbocycles. The van der Waals surface area contributed by atoms with Crippen molar-refractivity contribution in [2.45, 2.75) is 6.54 Å². The molecule has 9 nitrogen and oxygen atoms in total. The Labute approximate surface area is 186 Å². The molecular formula is C21H22BrN5O4. The van der Waals surface area contributed by atoms with Crippen LogP contribution in [0.25, 0.3) is 11.0 Å². The van der Waals surface area contributed by atoms with Crippen LogP contribution in [0.3, 0.4) is 0 Å². The summed E-state index contributed by atoms with van der Waals surface area (Å²) in [4.78, 5) is 33.9. The number of amides is 1. The van der Waals surface area contributed by atoms with E-state index >= 15 is 0 Å². The number of ether oxygens (including phenoxy) is 2. The average Bonchev–Trinajstić information content (AvgIpc) is 3.34. The molecule has 2 aliphatic rings. The quantitative estimate of drug-likeness (QED) is 0.509. The van der Waals surface area contributed by atoms with Crippen LogP contribution in [0.2, 0.25) is 0 Å². The van der Waals surface area contributed by atoms with Gasteiger partial charge in [-0.2, -0.15) is 0 Å². The first-order chi connectivity index (χ1) is 15.0. The minimum atomic E-state index is -0.274. The number of aromatic nitrogens is 2. The second kappa shape index (κ2) is 8.37. The summed E-state index contributed by atoms with van der Waals surface area (Å²) in [6.07, 6.45) is 0. The molecule has 0 radical (unpaired) electrons. The second-order valence-corrected chi connectivity index (χ2v) is 8.60. The molecule has 0 atom stereocenters. The smallest absolute Gasteiger partial charge is 0.323 e. The number of piperazine rings is 1. The summed E-state index contributed by atoms with van der Waals surface area (Å²) in [5.41, 5.74) is 2.89. The average molecular weight is 488 g/mol. The minimum absolute atomic E-state index is 0.0813. The third-order valence-corrected chi connectivity index (χ3v) is 6.21. The number of rotatable bonds is 5. The molecule has 5 rings (SSSR count). The van der Waals surface area contributed by atoms with Gasteiger partial charge in [-0.3, -0.25) is 14.6 Å². The van der Waals surface area contributed by atoms with E-state index in [1.807, 2.05) is 12.1 Å². The summed E-state index contributed by atoms with van der Waals surface area (Å²) < 4.78 is 11.5. The molecule has 2 aliphatic heterocycles. The molecule has 1 fully saturated rings. The highest BCUT2D eigenvalue weighted by atomic mass is 79.9. The number of halogens is 1. The number of anilines is 1. The maximum atomic E-state index is 12.6. The van der Waals surface area contributed by atoms with Gasteiger partial charge in [0.2, 0.25) is 12.7 Å². The van der Waals surface area contributed by atoms with Crippen LogP contribution in [-0.2, 0) is 11.3 Å². The van der Waals surface area contributed by atoms with Crippen molar-refractivity contribution in [2.75, 3.05) is 44.8 Å². The predicted molar refractivity (Wildman–Crippen MR) is 120 cm³/mol. The number of carbonyl (C=O) groups excluding carboxylic acids is 1. The lowest BCUT2D eigenvalue weighted by Gasteiger charge is -2.34. The Hall–Kier alpha value is -2.82. The van der Waals surface area contributed by atoms with Crippen LogP contribution in [0.4, 0.5) is 5.69 Å². The number of benzene rings is 2. The van der Waals surface area contributed by atoms with Crippen molar-refractivity contribution in [1.29, 1.82) is 0 Å². The SMILES string of the molecule is O=C(CN1CCN(Cc2ccc3c(c2)OCO3)CC1)Nc1cc2[nH]c(=O)[nH]c2cc1Br. The molecule has 3 aromatic rings. The van der Waals surface area contributed by atoms with Crippen molar-refractivity contribution in [1.82, 2.24) is 19.8 Å². The summed E-state index contributed by atoms with van der Waals surface area (Å²) in [5, 5.41) is 2.93. The van der Waals surface area contributed by atoms with E-state index in [0.29, 0.717) is 23.3 Å². The zero-order valence-electron chi connectivity index (χ0n) is 16.7. The van der Waals surface area contributed by atoms with Gasteiger partial charge in [0.15, 0.2) is 11.5 Å². The topological polar surface area (TPSA) is 103 Å². The number of aromatic amines is 2. The maximum absolute atomic E-state index is 12.6. The van der Waals surface area contributed by atoms with E-state index < -0.39 is 0 Å². The van der Waals surface area contributed by atoms with E-state index in [-0.39, 0.29) is 18.4 Å². The number of hydrogen-bond acceptors (Lipinski definition) is 6. The molecule has 0 saturated carbocycles. The molecule has 1 saturated heterocycles. The highest BCUT2D eigenvalue weighted by molar-refractivity contribution is 9.10. The van der Waals surface area contributed by atoms with Crippen LogP contribution in [-0.4, -0.2) is 65.2 Å². The van der Waals surface area contributed by atoms with Crippen molar-refractivity contribution in [3.63, 3.8) is 0 Å². The molecule has 3 heterocycles. The molecule has 31 heavy (non-hydrogen) atoms. The van der Waals surface area contributed by atoms with Gasteiger partial charge in [0.1, 0.15) is 0 Å². The summed E-state index contributed by atoms with van der Waals surface area (Å²) in [6, 6.07) is 9.58. The molecular weight excluding hydrogens is 466 g/mol. The molecule has 162 valence electrons. The first-order valence-electron chi connectivity index (χ1n) is 10.1. The van der Waals surface area contributed by atoms with E-state index in [1.54, 1.807) is 12.1 Å². The Morgan fingerprint density at radius 1 is 1.00 bits per heavy atom. The van der Waals surface area contributed by atoms with Crippen molar-refractivity contribution in [3.05, 3.63) is 50.9 Å². The van der Waals surface area contributed by atoms with Gasteiger partial charge in [0, 0.05) is 37.2 Å². The lowest BCUT2D eigenvalue weighted by molar-refractivity contribution is -0.117. The molecule has 1 aromatic heterocycles. The molecule has 3 N–H and O–H groups in total. The van der Waals surface area contributed by atoms with Gasteiger partial charge in [-0.25, -0.2) is 4.79 Å². The Morgan fingerprint density at radius 3 is 2.52 bits per heavy atom. The van der Waals surface area contributed by atoms with Gasteiger partial charge in [-0.15, -0.1) is 0 Å². The number of imidazole rings is 1. The number of nitrogens with zero attached hydrogens (tertiary/aromatic N) is 2. The van der Waals surface area contributed by atoms with Crippen LogP contribution < -0.4 is 20.5 Å². The normalized spacial score (nSPS) is 16.7.